The monoisotopic (exact) mass is 457 g/mol. The number of hydrogen-bond acceptors (Lipinski definition) is 5. The fourth-order valence-corrected chi connectivity index (χ4v) is 3.16. The van der Waals surface area contributed by atoms with Crippen molar-refractivity contribution < 1.29 is 29.4 Å². The molecule has 0 aliphatic heterocycles. The van der Waals surface area contributed by atoms with Crippen LogP contribution in [0.5, 0.6) is 0 Å². The summed E-state index contributed by atoms with van der Waals surface area (Å²) in [5, 5.41) is 22.3. The minimum Gasteiger partial charge on any atom is -0.481 e. The molecule has 9 heteroatoms. The van der Waals surface area contributed by atoms with Crippen LogP contribution >= 0.6 is 0 Å². The zero-order valence-corrected chi connectivity index (χ0v) is 18.8. The Hall–Kier alpha value is -3.43. The Balaban J connectivity index is 1.98. The van der Waals surface area contributed by atoms with Gasteiger partial charge in [0.05, 0.1) is 25.6 Å². The number of nitrogens with zero attached hydrogens (tertiary/aromatic N) is 1. The fourth-order valence-electron chi connectivity index (χ4n) is 3.16. The Bertz CT molecular complexity index is 892. The number of amides is 3. The second-order valence-electron chi connectivity index (χ2n) is 8.07. The Morgan fingerprint density at radius 1 is 0.970 bits per heavy atom. The minimum absolute atomic E-state index is 0.0509. The number of carbonyl (C=O) groups is 3. The molecule has 3 amide bonds. The Morgan fingerprint density at radius 2 is 1.58 bits per heavy atom. The number of hydroxylamine groups is 1. The third kappa shape index (κ3) is 9.30. The van der Waals surface area contributed by atoms with Crippen LogP contribution in [0, 0.1) is 5.92 Å². The van der Waals surface area contributed by atoms with Crippen LogP contribution in [-0.2, 0) is 21.0 Å². The molecule has 0 aliphatic carbocycles. The Labute approximate surface area is 193 Å². The van der Waals surface area contributed by atoms with Crippen molar-refractivity contribution in [2.45, 2.75) is 39.0 Å². The first-order valence-electron chi connectivity index (χ1n) is 10.7. The van der Waals surface area contributed by atoms with E-state index >= 15 is 0 Å². The van der Waals surface area contributed by atoms with Crippen LogP contribution in [0.15, 0.2) is 60.7 Å². The fraction of sp³-hybridized carbons (Fsp3) is 0.375. The zero-order chi connectivity index (χ0) is 24.2. The molecule has 4 N–H and O–H groups in total. The van der Waals surface area contributed by atoms with Crippen molar-refractivity contribution in [1.29, 1.82) is 0 Å². The summed E-state index contributed by atoms with van der Waals surface area (Å²) in [6.07, 6.45) is -1.83. The van der Waals surface area contributed by atoms with Crippen molar-refractivity contribution in [3.63, 3.8) is 0 Å². The van der Waals surface area contributed by atoms with Gasteiger partial charge in [0.1, 0.15) is 0 Å². The lowest BCUT2D eigenvalue weighted by atomic mass is 10.0. The number of urea groups is 1. The largest absolute Gasteiger partial charge is 0.481 e. The number of aliphatic hydroxyl groups is 1. The highest BCUT2D eigenvalue weighted by molar-refractivity contribution is 5.81. The molecule has 2 aromatic rings. The number of carboxylic acid groups (broad SMARTS) is 1. The van der Waals surface area contributed by atoms with E-state index in [4.69, 9.17) is 4.84 Å². The van der Waals surface area contributed by atoms with E-state index in [9.17, 15) is 24.6 Å². The van der Waals surface area contributed by atoms with Crippen LogP contribution in [0.2, 0.25) is 0 Å². The van der Waals surface area contributed by atoms with Gasteiger partial charge in [0.2, 0.25) is 0 Å². The van der Waals surface area contributed by atoms with E-state index in [1.54, 1.807) is 30.3 Å². The normalized spacial score (nSPS) is 12.6. The summed E-state index contributed by atoms with van der Waals surface area (Å²) in [7, 11) is 0. The predicted molar refractivity (Wildman–Crippen MR) is 122 cm³/mol. The summed E-state index contributed by atoms with van der Waals surface area (Å²) in [5.41, 5.74) is 3.69. The molecule has 2 aromatic carbocycles. The van der Waals surface area contributed by atoms with E-state index < -0.39 is 30.1 Å². The third-order valence-electron chi connectivity index (χ3n) is 4.70. The summed E-state index contributed by atoms with van der Waals surface area (Å²) >= 11 is 0. The number of rotatable bonds is 12. The molecule has 2 rings (SSSR count). The highest BCUT2D eigenvalue weighted by atomic mass is 16.7. The van der Waals surface area contributed by atoms with Crippen molar-refractivity contribution in [3.05, 3.63) is 71.8 Å². The minimum atomic E-state index is -1.53. The number of benzene rings is 2. The van der Waals surface area contributed by atoms with Gasteiger partial charge in [0.15, 0.2) is 6.10 Å². The molecular weight excluding hydrogens is 426 g/mol. The maximum absolute atomic E-state index is 12.9. The first kappa shape index (κ1) is 25.8. The molecule has 0 fully saturated rings. The van der Waals surface area contributed by atoms with E-state index in [-0.39, 0.29) is 32.0 Å². The van der Waals surface area contributed by atoms with Gasteiger partial charge in [-0.15, -0.1) is 0 Å². The quantitative estimate of drug-likeness (QED) is 0.363. The van der Waals surface area contributed by atoms with E-state index in [1.165, 1.54) is 4.90 Å². The van der Waals surface area contributed by atoms with Crippen LogP contribution in [0.25, 0.3) is 0 Å². The molecule has 33 heavy (non-hydrogen) atoms. The highest BCUT2D eigenvalue weighted by Crippen LogP contribution is 2.17. The van der Waals surface area contributed by atoms with E-state index in [1.807, 2.05) is 44.2 Å². The number of hydrogen-bond donors (Lipinski definition) is 4. The Kier molecular flexibility index (Phi) is 10.3. The highest BCUT2D eigenvalue weighted by Gasteiger charge is 2.26. The average molecular weight is 458 g/mol. The average Bonchev–Trinajstić information content (AvgIpc) is 2.78. The van der Waals surface area contributed by atoms with Crippen molar-refractivity contribution in [2.24, 2.45) is 5.92 Å². The van der Waals surface area contributed by atoms with Gasteiger partial charge in [0.25, 0.3) is 5.91 Å². The molecule has 178 valence electrons. The molecule has 0 aromatic heterocycles. The van der Waals surface area contributed by atoms with E-state index in [0.29, 0.717) is 5.56 Å². The van der Waals surface area contributed by atoms with Crippen molar-refractivity contribution in [3.8, 4) is 0 Å². The number of aliphatic carboxylic acids is 1. The lowest BCUT2D eigenvalue weighted by molar-refractivity contribution is -0.144. The molecule has 2 atom stereocenters. The first-order chi connectivity index (χ1) is 15.8. The van der Waals surface area contributed by atoms with Gasteiger partial charge < -0.3 is 20.4 Å². The molecule has 0 aliphatic rings. The third-order valence-corrected chi connectivity index (χ3v) is 4.70. The van der Waals surface area contributed by atoms with Crippen molar-refractivity contribution in [1.82, 2.24) is 15.7 Å². The van der Waals surface area contributed by atoms with Gasteiger partial charge in [-0.1, -0.05) is 74.5 Å². The smallest absolute Gasteiger partial charge is 0.318 e. The second-order valence-corrected chi connectivity index (χ2v) is 8.07. The molecule has 0 spiro atoms. The van der Waals surface area contributed by atoms with Crippen LogP contribution in [0.4, 0.5) is 4.79 Å². The van der Waals surface area contributed by atoms with Gasteiger partial charge >= 0.3 is 12.0 Å². The number of aliphatic hydroxyl groups excluding tert-OH is 1. The molecule has 0 heterocycles. The summed E-state index contributed by atoms with van der Waals surface area (Å²) in [4.78, 5) is 42.9. The van der Waals surface area contributed by atoms with Gasteiger partial charge in [-0.05, 0) is 17.0 Å². The van der Waals surface area contributed by atoms with E-state index in [2.05, 4.69) is 10.8 Å². The first-order valence-corrected chi connectivity index (χ1v) is 10.7. The topological polar surface area (TPSA) is 128 Å². The molecule has 0 radical (unpaired) electrons. The van der Waals surface area contributed by atoms with Gasteiger partial charge in [-0.25, -0.2) is 10.3 Å². The van der Waals surface area contributed by atoms with Crippen molar-refractivity contribution in [2.75, 3.05) is 13.1 Å². The van der Waals surface area contributed by atoms with Gasteiger partial charge in [-0.2, -0.15) is 0 Å². The SMILES string of the molecule is CC(C)CN(CC(O)C(=O)NOCc1ccccc1)C(=O)NC(CC(=O)O)c1ccccc1. The van der Waals surface area contributed by atoms with Gasteiger partial charge in [0, 0.05) is 6.54 Å². The van der Waals surface area contributed by atoms with E-state index in [0.717, 1.165) is 5.56 Å². The molecular formula is C24H31N3O6. The van der Waals surface area contributed by atoms with Crippen LogP contribution < -0.4 is 10.8 Å². The molecule has 0 bridgehead atoms. The summed E-state index contributed by atoms with van der Waals surface area (Å²) < 4.78 is 0. The maximum atomic E-state index is 12.9. The summed E-state index contributed by atoms with van der Waals surface area (Å²) in [6, 6.07) is 16.6. The molecule has 0 saturated carbocycles. The maximum Gasteiger partial charge on any atom is 0.318 e. The Morgan fingerprint density at radius 3 is 2.15 bits per heavy atom. The number of carbonyl (C=O) groups excluding carboxylic acids is 2. The molecule has 0 saturated heterocycles. The molecule has 9 nitrogen and oxygen atoms in total. The van der Waals surface area contributed by atoms with Gasteiger partial charge in [-0.3, -0.25) is 14.4 Å². The van der Waals surface area contributed by atoms with Crippen LogP contribution in [0.3, 0.4) is 0 Å². The molecule has 2 unspecified atom stereocenters. The number of nitrogens with one attached hydrogen (secondary N) is 2. The summed E-state index contributed by atoms with van der Waals surface area (Å²) in [6.45, 7) is 3.89. The zero-order valence-electron chi connectivity index (χ0n) is 18.8. The standard InChI is InChI=1S/C24H31N3O6/c1-17(2)14-27(15-21(28)23(31)26-33-16-18-9-5-3-6-10-18)24(32)25-20(13-22(29)30)19-11-7-4-8-12-19/h3-12,17,20-21,28H,13-16H2,1-2H3,(H,25,32)(H,26,31)(H,29,30). The van der Waals surface area contributed by atoms with Crippen LogP contribution in [0.1, 0.15) is 37.4 Å². The summed E-state index contributed by atoms with van der Waals surface area (Å²) in [5.74, 6) is -1.79. The second kappa shape index (κ2) is 13.2. The predicted octanol–water partition coefficient (Wildman–Crippen LogP) is 2.48. The van der Waals surface area contributed by atoms with Crippen molar-refractivity contribution >= 4 is 17.9 Å². The lowest BCUT2D eigenvalue weighted by Crippen LogP contribution is -2.50. The lowest BCUT2D eigenvalue weighted by Gasteiger charge is -2.29. The van der Waals surface area contributed by atoms with Crippen LogP contribution in [-0.4, -0.2) is 52.2 Å². The number of carboxylic acids is 1.